The van der Waals surface area contributed by atoms with E-state index in [0.29, 0.717) is 11.5 Å². The molecule has 1 aliphatic carbocycles. The maximum atomic E-state index is 11.4. The molecule has 0 bridgehead atoms. The summed E-state index contributed by atoms with van der Waals surface area (Å²) in [4.78, 5) is 22.8. The maximum Gasteiger partial charge on any atom is 0.308 e. The molecular weight excluding hydrogens is 280 g/mol. The molecule has 0 aromatic heterocycles. The van der Waals surface area contributed by atoms with Crippen LogP contribution in [0, 0.1) is 6.92 Å². The molecule has 22 heavy (non-hydrogen) atoms. The monoisotopic (exact) mass is 302 g/mol. The van der Waals surface area contributed by atoms with Gasteiger partial charge in [0.1, 0.15) is 11.5 Å². The maximum absolute atomic E-state index is 11.4. The SMILES string of the molecule is CC(=O)Oc1cc(C)cc(OC(C)=O)c1C1C=C(C)CCC1. The van der Waals surface area contributed by atoms with Crippen LogP contribution in [0.15, 0.2) is 23.8 Å². The van der Waals surface area contributed by atoms with E-state index in [1.807, 2.05) is 19.1 Å². The fraction of sp³-hybridized carbons (Fsp3) is 0.444. The van der Waals surface area contributed by atoms with Crippen molar-refractivity contribution in [3.05, 3.63) is 34.9 Å². The highest BCUT2D eigenvalue weighted by Crippen LogP contribution is 2.42. The van der Waals surface area contributed by atoms with Crippen LogP contribution in [0.5, 0.6) is 11.5 Å². The summed E-state index contributed by atoms with van der Waals surface area (Å²) in [5.74, 6) is 0.312. The zero-order chi connectivity index (χ0) is 16.3. The Morgan fingerprint density at radius 3 is 2.05 bits per heavy atom. The van der Waals surface area contributed by atoms with Crippen LogP contribution in [-0.4, -0.2) is 11.9 Å². The topological polar surface area (TPSA) is 52.6 Å². The number of allylic oxidation sites excluding steroid dienone is 2. The van der Waals surface area contributed by atoms with Gasteiger partial charge in [-0.1, -0.05) is 11.6 Å². The van der Waals surface area contributed by atoms with Gasteiger partial charge in [-0.2, -0.15) is 0 Å². The zero-order valence-corrected chi connectivity index (χ0v) is 13.6. The van der Waals surface area contributed by atoms with Gasteiger partial charge in [0.05, 0.1) is 0 Å². The Kier molecular flexibility index (Phi) is 5.01. The number of rotatable bonds is 3. The Labute approximate surface area is 131 Å². The molecule has 0 amide bonds. The molecule has 118 valence electrons. The number of hydrogen-bond acceptors (Lipinski definition) is 4. The first-order valence-electron chi connectivity index (χ1n) is 7.55. The van der Waals surface area contributed by atoms with Gasteiger partial charge in [-0.25, -0.2) is 0 Å². The third-order valence-corrected chi connectivity index (χ3v) is 3.70. The third kappa shape index (κ3) is 3.97. The van der Waals surface area contributed by atoms with Crippen LogP contribution in [0.1, 0.15) is 57.1 Å². The summed E-state index contributed by atoms with van der Waals surface area (Å²) in [5, 5.41) is 0. The number of aryl methyl sites for hydroxylation is 1. The highest BCUT2D eigenvalue weighted by molar-refractivity contribution is 5.73. The molecular formula is C18H22O4. The molecule has 1 atom stereocenters. The van der Waals surface area contributed by atoms with E-state index in [2.05, 4.69) is 13.0 Å². The first-order valence-corrected chi connectivity index (χ1v) is 7.55. The lowest BCUT2D eigenvalue weighted by Crippen LogP contribution is -2.12. The van der Waals surface area contributed by atoms with Crippen molar-refractivity contribution in [1.29, 1.82) is 0 Å². The molecule has 1 aromatic carbocycles. The average molecular weight is 302 g/mol. The van der Waals surface area contributed by atoms with E-state index < -0.39 is 0 Å². The largest absolute Gasteiger partial charge is 0.426 e. The molecule has 1 aliphatic rings. The summed E-state index contributed by atoms with van der Waals surface area (Å²) in [6.45, 7) is 6.72. The Morgan fingerprint density at radius 2 is 1.59 bits per heavy atom. The summed E-state index contributed by atoms with van der Waals surface area (Å²) >= 11 is 0. The second-order valence-electron chi connectivity index (χ2n) is 5.87. The Bertz CT molecular complexity index is 591. The van der Waals surface area contributed by atoms with Crippen molar-refractivity contribution in [3.63, 3.8) is 0 Å². The first-order chi connectivity index (χ1) is 10.4. The van der Waals surface area contributed by atoms with Gasteiger partial charge in [-0.15, -0.1) is 0 Å². The van der Waals surface area contributed by atoms with Crippen LogP contribution in [0.3, 0.4) is 0 Å². The normalized spacial score (nSPS) is 17.6. The van der Waals surface area contributed by atoms with Gasteiger partial charge in [0, 0.05) is 25.3 Å². The van der Waals surface area contributed by atoms with Crippen molar-refractivity contribution in [2.24, 2.45) is 0 Å². The van der Waals surface area contributed by atoms with Crippen molar-refractivity contribution < 1.29 is 19.1 Å². The number of benzene rings is 1. The van der Waals surface area contributed by atoms with Crippen molar-refractivity contribution in [2.45, 2.75) is 52.9 Å². The number of hydrogen-bond donors (Lipinski definition) is 0. The van der Waals surface area contributed by atoms with Gasteiger partial charge in [0.15, 0.2) is 0 Å². The van der Waals surface area contributed by atoms with Gasteiger partial charge >= 0.3 is 11.9 Å². The van der Waals surface area contributed by atoms with Gasteiger partial charge < -0.3 is 9.47 Å². The van der Waals surface area contributed by atoms with Gasteiger partial charge in [-0.05, 0) is 50.8 Å². The van der Waals surface area contributed by atoms with E-state index in [0.717, 1.165) is 30.4 Å². The van der Waals surface area contributed by atoms with Gasteiger partial charge in [0.25, 0.3) is 0 Å². The van der Waals surface area contributed by atoms with Crippen molar-refractivity contribution in [1.82, 2.24) is 0 Å². The van der Waals surface area contributed by atoms with Gasteiger partial charge in [0.2, 0.25) is 0 Å². The number of esters is 2. The third-order valence-electron chi connectivity index (χ3n) is 3.70. The highest BCUT2D eigenvalue weighted by Gasteiger charge is 2.24. The molecule has 4 nitrogen and oxygen atoms in total. The lowest BCUT2D eigenvalue weighted by molar-refractivity contribution is -0.132. The average Bonchev–Trinajstić information content (AvgIpc) is 2.36. The highest BCUT2D eigenvalue weighted by atomic mass is 16.5. The Morgan fingerprint density at radius 1 is 1.05 bits per heavy atom. The summed E-state index contributed by atoms with van der Waals surface area (Å²) in [6.07, 6.45) is 5.27. The van der Waals surface area contributed by atoms with E-state index in [1.54, 1.807) is 0 Å². The van der Waals surface area contributed by atoms with Gasteiger partial charge in [-0.3, -0.25) is 9.59 Å². The standard InChI is InChI=1S/C18H22O4/c1-11-6-5-7-15(8-11)18-16(21-13(3)19)9-12(2)10-17(18)22-14(4)20/h8-10,15H,5-7H2,1-4H3. The fourth-order valence-electron chi connectivity index (χ4n) is 2.91. The minimum Gasteiger partial charge on any atom is -0.426 e. The molecule has 0 aliphatic heterocycles. The minimum absolute atomic E-state index is 0.0954. The van der Waals surface area contributed by atoms with Crippen LogP contribution >= 0.6 is 0 Å². The number of ether oxygens (including phenoxy) is 2. The molecule has 0 saturated heterocycles. The van der Waals surface area contributed by atoms with E-state index in [-0.39, 0.29) is 17.9 Å². The quantitative estimate of drug-likeness (QED) is 0.480. The molecule has 4 heteroatoms. The predicted octanol–water partition coefficient (Wildman–Crippen LogP) is 4.06. The van der Waals surface area contributed by atoms with E-state index >= 15 is 0 Å². The van der Waals surface area contributed by atoms with Crippen LogP contribution in [0.2, 0.25) is 0 Å². The molecule has 0 spiro atoms. The summed E-state index contributed by atoms with van der Waals surface area (Å²) in [6, 6.07) is 3.64. The summed E-state index contributed by atoms with van der Waals surface area (Å²) in [7, 11) is 0. The molecule has 1 unspecified atom stereocenters. The molecule has 0 heterocycles. The minimum atomic E-state index is -0.378. The van der Waals surface area contributed by atoms with E-state index in [4.69, 9.17) is 9.47 Å². The van der Waals surface area contributed by atoms with Crippen molar-refractivity contribution >= 4 is 11.9 Å². The predicted molar refractivity (Wildman–Crippen MR) is 84.1 cm³/mol. The first kappa shape index (κ1) is 16.3. The number of carbonyl (C=O) groups is 2. The molecule has 0 N–H and O–H groups in total. The molecule has 1 aromatic rings. The number of carbonyl (C=O) groups excluding carboxylic acids is 2. The van der Waals surface area contributed by atoms with Crippen LogP contribution < -0.4 is 9.47 Å². The molecule has 0 fully saturated rings. The lowest BCUT2D eigenvalue weighted by Gasteiger charge is -2.24. The van der Waals surface area contributed by atoms with Crippen LogP contribution in [0.4, 0.5) is 0 Å². The Balaban J connectivity index is 2.56. The second kappa shape index (κ2) is 6.77. The Hall–Kier alpha value is -2.10. The smallest absolute Gasteiger partial charge is 0.308 e. The fourth-order valence-corrected chi connectivity index (χ4v) is 2.91. The summed E-state index contributed by atoms with van der Waals surface area (Å²) < 4.78 is 10.8. The molecule has 0 radical (unpaired) electrons. The molecule has 0 saturated carbocycles. The lowest BCUT2D eigenvalue weighted by atomic mass is 9.85. The van der Waals surface area contributed by atoms with E-state index in [9.17, 15) is 9.59 Å². The second-order valence-corrected chi connectivity index (χ2v) is 5.87. The van der Waals surface area contributed by atoms with Crippen LogP contribution in [0.25, 0.3) is 0 Å². The zero-order valence-electron chi connectivity index (χ0n) is 13.6. The summed E-state index contributed by atoms with van der Waals surface area (Å²) in [5.41, 5.74) is 2.97. The van der Waals surface area contributed by atoms with Crippen molar-refractivity contribution in [3.8, 4) is 11.5 Å². The van der Waals surface area contributed by atoms with E-state index in [1.165, 1.54) is 19.4 Å². The van der Waals surface area contributed by atoms with Crippen molar-refractivity contribution in [2.75, 3.05) is 0 Å². The van der Waals surface area contributed by atoms with Crippen LogP contribution in [-0.2, 0) is 9.59 Å². The molecule has 2 rings (SSSR count).